The lowest BCUT2D eigenvalue weighted by molar-refractivity contribution is -0.134. The minimum Gasteiger partial charge on any atom is -0.343 e. The maximum absolute atomic E-state index is 12.9. The Balaban J connectivity index is 0.00000242. The van der Waals surface area contributed by atoms with Crippen LogP contribution < -0.4 is 5.32 Å². The molecule has 0 aliphatic carbocycles. The monoisotopic (exact) mass is 365 g/mol. The third-order valence-electron chi connectivity index (χ3n) is 4.02. The molecule has 1 aliphatic heterocycles. The molecule has 1 aliphatic rings. The number of amides is 1. The first-order chi connectivity index (χ1) is 10.1. The van der Waals surface area contributed by atoms with E-state index in [0.29, 0.717) is 6.54 Å². The Morgan fingerprint density at radius 3 is 2.61 bits per heavy atom. The van der Waals surface area contributed by atoms with E-state index in [4.69, 9.17) is 0 Å². The molecule has 1 fully saturated rings. The van der Waals surface area contributed by atoms with Gasteiger partial charge in [-0.25, -0.2) is 4.39 Å². The van der Waals surface area contributed by atoms with Crippen molar-refractivity contribution in [1.82, 2.24) is 15.1 Å². The van der Waals surface area contributed by atoms with Gasteiger partial charge in [0, 0.05) is 26.7 Å². The zero-order valence-corrected chi connectivity index (χ0v) is 15.3. The van der Waals surface area contributed by atoms with Crippen molar-refractivity contribution < 1.29 is 9.18 Å². The molecule has 23 heavy (non-hydrogen) atoms. The van der Waals surface area contributed by atoms with Crippen LogP contribution in [-0.4, -0.2) is 55.5 Å². The molecule has 1 heterocycles. The molecule has 1 aromatic carbocycles. The summed E-state index contributed by atoms with van der Waals surface area (Å²) in [5.41, 5.74) is 1.05. The van der Waals surface area contributed by atoms with Gasteiger partial charge in [0.2, 0.25) is 5.91 Å². The first-order valence-corrected chi connectivity index (χ1v) is 7.50. The van der Waals surface area contributed by atoms with Crippen molar-refractivity contribution in [2.45, 2.75) is 25.4 Å². The van der Waals surface area contributed by atoms with E-state index in [0.717, 1.165) is 38.0 Å². The average Bonchev–Trinajstić information content (AvgIpc) is 2.94. The Bertz CT molecular complexity index is 473. The van der Waals surface area contributed by atoms with Crippen molar-refractivity contribution in [3.8, 4) is 0 Å². The van der Waals surface area contributed by atoms with E-state index in [2.05, 4.69) is 10.2 Å². The third kappa shape index (κ3) is 6.26. The van der Waals surface area contributed by atoms with E-state index < -0.39 is 0 Å². The molecule has 2 rings (SSSR count). The number of nitrogens with one attached hydrogen (secondary N) is 1. The van der Waals surface area contributed by atoms with Crippen molar-refractivity contribution in [2.24, 2.45) is 0 Å². The normalized spacial score (nSPS) is 17.3. The summed E-state index contributed by atoms with van der Waals surface area (Å²) in [5, 5.41) is 3.06. The number of likely N-dealkylation sites (N-methyl/N-ethyl adjacent to an activating group) is 2. The molecule has 0 spiro atoms. The number of hydrogen-bond acceptors (Lipinski definition) is 3. The van der Waals surface area contributed by atoms with Crippen LogP contribution in [-0.2, 0) is 11.3 Å². The number of nitrogens with zero attached hydrogens (tertiary/aromatic N) is 2. The van der Waals surface area contributed by atoms with Crippen molar-refractivity contribution in [3.05, 3.63) is 35.6 Å². The second-order valence-electron chi connectivity index (χ2n) is 5.62. The summed E-state index contributed by atoms with van der Waals surface area (Å²) >= 11 is 0. The summed E-state index contributed by atoms with van der Waals surface area (Å²) in [4.78, 5) is 16.5. The largest absolute Gasteiger partial charge is 0.343 e. The van der Waals surface area contributed by atoms with E-state index in [1.807, 2.05) is 14.1 Å². The Hall–Kier alpha value is -0.880. The quantitative estimate of drug-likeness (QED) is 0.839. The van der Waals surface area contributed by atoms with Gasteiger partial charge in [-0.15, -0.1) is 24.8 Å². The molecular weight excluding hydrogens is 340 g/mol. The summed E-state index contributed by atoms with van der Waals surface area (Å²) in [7, 11) is 3.74. The SMILES string of the molecule is CNCCN(C)C(=O)C1CCCN1Cc1ccc(F)cc1.Cl.Cl. The fourth-order valence-corrected chi connectivity index (χ4v) is 2.76. The van der Waals surface area contributed by atoms with Crippen LogP contribution in [0.1, 0.15) is 18.4 Å². The molecule has 0 bridgehead atoms. The van der Waals surface area contributed by atoms with Gasteiger partial charge < -0.3 is 10.2 Å². The molecule has 0 radical (unpaired) electrons. The molecule has 1 unspecified atom stereocenters. The number of carbonyl (C=O) groups excluding carboxylic acids is 1. The first kappa shape index (κ1) is 22.1. The summed E-state index contributed by atoms with van der Waals surface area (Å²) < 4.78 is 12.9. The molecule has 7 heteroatoms. The number of hydrogen-bond donors (Lipinski definition) is 1. The minimum absolute atomic E-state index is 0. The van der Waals surface area contributed by atoms with Gasteiger partial charge in [-0.2, -0.15) is 0 Å². The Morgan fingerprint density at radius 2 is 2.00 bits per heavy atom. The number of likely N-dealkylation sites (tertiary alicyclic amines) is 1. The standard InChI is InChI=1S/C16H24FN3O.2ClH/c1-18-9-11-19(2)16(21)15-4-3-10-20(15)12-13-5-7-14(17)8-6-13;;/h5-8,15,18H,3-4,9-12H2,1-2H3;2*1H. The van der Waals surface area contributed by atoms with Gasteiger partial charge >= 0.3 is 0 Å². The molecule has 1 aromatic rings. The zero-order valence-electron chi connectivity index (χ0n) is 13.6. The minimum atomic E-state index is -0.223. The Morgan fingerprint density at radius 1 is 1.35 bits per heavy atom. The van der Waals surface area contributed by atoms with E-state index in [1.54, 1.807) is 17.0 Å². The van der Waals surface area contributed by atoms with Gasteiger partial charge in [-0.05, 0) is 44.1 Å². The Kier molecular flexibility index (Phi) is 10.4. The predicted octanol–water partition coefficient (Wildman–Crippen LogP) is 2.31. The number of halogens is 3. The van der Waals surface area contributed by atoms with Crippen molar-refractivity contribution in [2.75, 3.05) is 33.7 Å². The van der Waals surface area contributed by atoms with Gasteiger partial charge in [0.15, 0.2) is 0 Å². The van der Waals surface area contributed by atoms with Crippen LogP contribution in [0.2, 0.25) is 0 Å². The van der Waals surface area contributed by atoms with E-state index in [-0.39, 0.29) is 42.6 Å². The lowest BCUT2D eigenvalue weighted by Crippen LogP contribution is -2.45. The van der Waals surface area contributed by atoms with Gasteiger partial charge in [0.1, 0.15) is 5.82 Å². The van der Waals surface area contributed by atoms with Crippen LogP contribution in [0.15, 0.2) is 24.3 Å². The van der Waals surface area contributed by atoms with Gasteiger partial charge in [0.05, 0.1) is 6.04 Å². The first-order valence-electron chi connectivity index (χ1n) is 7.50. The number of rotatable bonds is 6. The van der Waals surface area contributed by atoms with Crippen molar-refractivity contribution in [3.63, 3.8) is 0 Å². The maximum Gasteiger partial charge on any atom is 0.239 e. The van der Waals surface area contributed by atoms with Gasteiger partial charge in [-0.3, -0.25) is 9.69 Å². The summed E-state index contributed by atoms with van der Waals surface area (Å²) in [6, 6.07) is 6.49. The van der Waals surface area contributed by atoms with E-state index >= 15 is 0 Å². The molecular formula is C16H26Cl2FN3O. The van der Waals surface area contributed by atoms with Crippen molar-refractivity contribution in [1.29, 1.82) is 0 Å². The average molecular weight is 366 g/mol. The number of benzene rings is 1. The summed E-state index contributed by atoms with van der Waals surface area (Å²) in [6.07, 6.45) is 1.95. The van der Waals surface area contributed by atoms with Crippen LogP contribution in [0.3, 0.4) is 0 Å². The lowest BCUT2D eigenvalue weighted by atomic mass is 10.1. The molecule has 0 aromatic heterocycles. The Labute approximate surface area is 150 Å². The van der Waals surface area contributed by atoms with Crippen LogP contribution in [0.25, 0.3) is 0 Å². The van der Waals surface area contributed by atoms with Crippen LogP contribution in [0.4, 0.5) is 4.39 Å². The van der Waals surface area contributed by atoms with Gasteiger partial charge in [-0.1, -0.05) is 12.1 Å². The molecule has 1 saturated heterocycles. The second kappa shape index (κ2) is 10.8. The molecule has 132 valence electrons. The smallest absolute Gasteiger partial charge is 0.239 e. The molecule has 4 nitrogen and oxygen atoms in total. The highest BCUT2D eigenvalue weighted by molar-refractivity contribution is 5.85. The third-order valence-corrected chi connectivity index (χ3v) is 4.02. The zero-order chi connectivity index (χ0) is 15.2. The summed E-state index contributed by atoms with van der Waals surface area (Å²) in [5.74, 6) is -0.0375. The second-order valence-corrected chi connectivity index (χ2v) is 5.62. The van der Waals surface area contributed by atoms with Crippen molar-refractivity contribution >= 4 is 30.7 Å². The van der Waals surface area contributed by atoms with E-state index in [1.165, 1.54) is 12.1 Å². The molecule has 1 atom stereocenters. The lowest BCUT2D eigenvalue weighted by Gasteiger charge is -2.28. The van der Waals surface area contributed by atoms with Crippen LogP contribution in [0.5, 0.6) is 0 Å². The van der Waals surface area contributed by atoms with Gasteiger partial charge in [0.25, 0.3) is 0 Å². The highest BCUT2D eigenvalue weighted by atomic mass is 35.5. The summed E-state index contributed by atoms with van der Waals surface area (Å²) in [6.45, 7) is 3.15. The highest BCUT2D eigenvalue weighted by Crippen LogP contribution is 2.21. The molecule has 1 amide bonds. The number of carbonyl (C=O) groups is 1. The highest BCUT2D eigenvalue weighted by Gasteiger charge is 2.32. The molecule has 0 saturated carbocycles. The molecule has 1 N–H and O–H groups in total. The fraction of sp³-hybridized carbons (Fsp3) is 0.562. The topological polar surface area (TPSA) is 35.6 Å². The van der Waals surface area contributed by atoms with E-state index in [9.17, 15) is 9.18 Å². The predicted molar refractivity (Wildman–Crippen MR) is 95.9 cm³/mol. The maximum atomic E-state index is 12.9. The fourth-order valence-electron chi connectivity index (χ4n) is 2.76. The van der Waals surface area contributed by atoms with Crippen LogP contribution in [0, 0.1) is 5.82 Å². The van der Waals surface area contributed by atoms with Crippen LogP contribution >= 0.6 is 24.8 Å².